The number of benzene rings is 12. The Bertz CT molecular complexity index is 5740. The van der Waals surface area contributed by atoms with E-state index >= 15 is 0 Å². The fourth-order valence-electron chi connectivity index (χ4n) is 13.4. The minimum absolute atomic E-state index is 0.451. The van der Waals surface area contributed by atoms with Crippen LogP contribution in [0.2, 0.25) is 0 Å². The first kappa shape index (κ1) is 48.5. The number of nitrogens with zero attached hydrogens (tertiary/aromatic N) is 9. The number of aromatic nitrogens is 7. The average molecular weight is 1100 g/mol. The Morgan fingerprint density at radius 1 is 0.279 bits per heavy atom. The molecule has 9 heteroatoms. The Hall–Kier alpha value is -12.2. The van der Waals surface area contributed by atoms with Gasteiger partial charge in [-0.2, -0.15) is 10.5 Å². The fraction of sp³-hybridized carbons (Fsp3) is 0. The predicted octanol–water partition coefficient (Wildman–Crippen LogP) is 18.7. The molecule has 12 aromatic carbocycles. The van der Waals surface area contributed by atoms with Crippen molar-refractivity contribution in [1.82, 2.24) is 33.2 Å². The summed E-state index contributed by atoms with van der Waals surface area (Å²) in [5, 5.41) is 30.4. The van der Waals surface area contributed by atoms with Gasteiger partial charge in [-0.1, -0.05) is 176 Å². The standard InChI is InChI=1S/C77H45N9/c78-46-48-19-18-22-50(43-48)56-38-37-52(45-70(56)86-66-34-17-13-30-62(66)72-68(86)42-40-60-58-28-11-15-32-64(58)84(74(60)72)55-25-8-3-9-26-55)77-81-75(49-20-4-1-5-21-49)80-76(82-77)51-35-36-53(47-79)69(44-51)85-65-33-16-12-29-61(65)71-67(85)41-39-59-57-27-10-14-31-63(57)83(73(59)71)54-23-6-2-7-24-54/h1-45H. The van der Waals surface area contributed by atoms with Crippen LogP contribution in [0.3, 0.4) is 0 Å². The van der Waals surface area contributed by atoms with E-state index in [-0.39, 0.29) is 0 Å². The van der Waals surface area contributed by atoms with E-state index in [0.29, 0.717) is 34.3 Å². The molecule has 5 heterocycles. The Morgan fingerprint density at radius 3 is 1.23 bits per heavy atom. The van der Waals surface area contributed by atoms with E-state index in [1.807, 2.05) is 60.7 Å². The number of hydrogen-bond donors (Lipinski definition) is 0. The number of fused-ring (bicyclic) bond motifs is 14. The molecular formula is C77H45N9. The molecule has 0 N–H and O–H groups in total. The maximum atomic E-state index is 11.1. The molecule has 17 aromatic rings. The molecule has 0 unspecified atom stereocenters. The van der Waals surface area contributed by atoms with E-state index in [0.717, 1.165) is 121 Å². The van der Waals surface area contributed by atoms with Gasteiger partial charge in [0.25, 0.3) is 0 Å². The lowest BCUT2D eigenvalue weighted by molar-refractivity contribution is 1.07. The second-order valence-electron chi connectivity index (χ2n) is 21.7. The molecular weight excluding hydrogens is 1050 g/mol. The molecule has 17 rings (SSSR count). The Kier molecular flexibility index (Phi) is 10.8. The molecule has 0 fully saturated rings. The molecule has 0 saturated carbocycles. The number of nitriles is 2. The zero-order chi connectivity index (χ0) is 57.0. The van der Waals surface area contributed by atoms with Gasteiger partial charge < -0.3 is 18.3 Å². The molecule has 0 bridgehead atoms. The minimum atomic E-state index is 0.451. The van der Waals surface area contributed by atoms with Crippen molar-refractivity contribution in [2.75, 3.05) is 0 Å². The first-order valence-corrected chi connectivity index (χ1v) is 28.6. The Labute approximate surface area is 492 Å². The van der Waals surface area contributed by atoms with Crippen LogP contribution in [0.5, 0.6) is 0 Å². The summed E-state index contributed by atoms with van der Waals surface area (Å²) in [7, 11) is 0. The van der Waals surface area contributed by atoms with Crippen LogP contribution >= 0.6 is 0 Å². The van der Waals surface area contributed by atoms with Crippen molar-refractivity contribution < 1.29 is 0 Å². The zero-order valence-corrected chi connectivity index (χ0v) is 46.0. The maximum absolute atomic E-state index is 11.1. The molecule has 5 aromatic heterocycles. The van der Waals surface area contributed by atoms with E-state index in [2.05, 4.69) is 243 Å². The van der Waals surface area contributed by atoms with Crippen LogP contribution < -0.4 is 0 Å². The summed E-state index contributed by atoms with van der Waals surface area (Å²) in [5.74, 6) is 1.43. The summed E-state index contributed by atoms with van der Waals surface area (Å²) in [6, 6.07) is 99.4. The highest BCUT2D eigenvalue weighted by molar-refractivity contribution is 6.28. The minimum Gasteiger partial charge on any atom is -0.309 e. The van der Waals surface area contributed by atoms with E-state index in [9.17, 15) is 10.5 Å². The van der Waals surface area contributed by atoms with Gasteiger partial charge in [0.1, 0.15) is 6.07 Å². The van der Waals surface area contributed by atoms with Crippen molar-refractivity contribution in [1.29, 1.82) is 10.5 Å². The average Bonchev–Trinajstić information content (AvgIpc) is 1.59. The number of rotatable bonds is 8. The summed E-state index contributed by atoms with van der Waals surface area (Å²) >= 11 is 0. The summed E-state index contributed by atoms with van der Waals surface area (Å²) in [6.07, 6.45) is 0. The second kappa shape index (κ2) is 19.2. The molecule has 0 aliphatic heterocycles. The van der Waals surface area contributed by atoms with Gasteiger partial charge >= 0.3 is 0 Å². The highest BCUT2D eigenvalue weighted by Gasteiger charge is 2.26. The van der Waals surface area contributed by atoms with Gasteiger partial charge in [0, 0.05) is 76.7 Å². The quantitative estimate of drug-likeness (QED) is 0.151. The fourth-order valence-corrected chi connectivity index (χ4v) is 13.4. The van der Waals surface area contributed by atoms with Crippen molar-refractivity contribution in [2.24, 2.45) is 0 Å². The molecule has 0 amide bonds. The second-order valence-corrected chi connectivity index (χ2v) is 21.7. The van der Waals surface area contributed by atoms with Crippen LogP contribution in [0, 0.1) is 22.7 Å². The van der Waals surface area contributed by atoms with Crippen molar-refractivity contribution in [3.05, 3.63) is 284 Å². The SMILES string of the molecule is N#Cc1cccc(-c2ccc(-c3nc(-c4ccccc4)nc(-c4ccc(C#N)c(-n5c6ccccc6c6c5ccc5c7ccccc7n(-c7ccccc7)c56)c4)n3)cc2-n2c3ccccc3c3c2ccc2c4ccccc4n(-c4ccccc4)c23)c1. The lowest BCUT2D eigenvalue weighted by Crippen LogP contribution is -2.03. The molecule has 0 spiro atoms. The van der Waals surface area contributed by atoms with Gasteiger partial charge in [0.05, 0.1) is 72.7 Å². The van der Waals surface area contributed by atoms with E-state index in [1.165, 1.54) is 10.8 Å². The zero-order valence-electron chi connectivity index (χ0n) is 46.0. The molecule has 398 valence electrons. The van der Waals surface area contributed by atoms with Gasteiger partial charge in [-0.15, -0.1) is 0 Å². The van der Waals surface area contributed by atoms with E-state index in [4.69, 9.17) is 15.0 Å². The van der Waals surface area contributed by atoms with Crippen LogP contribution in [0.4, 0.5) is 0 Å². The molecule has 86 heavy (non-hydrogen) atoms. The van der Waals surface area contributed by atoms with Crippen LogP contribution in [-0.4, -0.2) is 33.2 Å². The van der Waals surface area contributed by atoms with Crippen molar-refractivity contribution in [3.63, 3.8) is 0 Å². The third kappa shape index (κ3) is 7.32. The number of para-hydroxylation sites is 6. The highest BCUT2D eigenvalue weighted by atomic mass is 15.1. The molecule has 0 atom stereocenters. The van der Waals surface area contributed by atoms with Crippen LogP contribution in [0.15, 0.2) is 273 Å². The maximum Gasteiger partial charge on any atom is 0.164 e. The predicted molar refractivity (Wildman–Crippen MR) is 348 cm³/mol. The third-order valence-corrected chi connectivity index (χ3v) is 17.1. The smallest absolute Gasteiger partial charge is 0.164 e. The lowest BCUT2D eigenvalue weighted by atomic mass is 9.99. The van der Waals surface area contributed by atoms with Crippen LogP contribution in [0.1, 0.15) is 11.1 Å². The summed E-state index contributed by atoms with van der Waals surface area (Å²) in [6.45, 7) is 0. The monoisotopic (exact) mass is 1100 g/mol. The van der Waals surface area contributed by atoms with Gasteiger partial charge in [0.2, 0.25) is 0 Å². The van der Waals surface area contributed by atoms with Crippen molar-refractivity contribution in [3.8, 4) is 80.2 Å². The third-order valence-electron chi connectivity index (χ3n) is 17.1. The van der Waals surface area contributed by atoms with Gasteiger partial charge in [0.15, 0.2) is 17.5 Å². The first-order chi connectivity index (χ1) is 42.6. The Morgan fingerprint density at radius 2 is 0.709 bits per heavy atom. The Balaban J connectivity index is 0.905. The van der Waals surface area contributed by atoms with E-state index in [1.54, 1.807) is 0 Å². The topological polar surface area (TPSA) is 106 Å². The van der Waals surface area contributed by atoms with Crippen molar-refractivity contribution >= 4 is 87.2 Å². The van der Waals surface area contributed by atoms with Crippen LogP contribution in [0.25, 0.3) is 155 Å². The van der Waals surface area contributed by atoms with Gasteiger partial charge in [-0.25, -0.2) is 15.0 Å². The summed E-state index contributed by atoms with van der Waals surface area (Å²) in [5.41, 5.74) is 17.4. The van der Waals surface area contributed by atoms with Crippen LogP contribution in [-0.2, 0) is 0 Å². The summed E-state index contributed by atoms with van der Waals surface area (Å²) < 4.78 is 9.36. The van der Waals surface area contributed by atoms with Crippen molar-refractivity contribution in [2.45, 2.75) is 0 Å². The largest absolute Gasteiger partial charge is 0.309 e. The normalized spacial score (nSPS) is 11.7. The van der Waals surface area contributed by atoms with Gasteiger partial charge in [-0.05, 0) is 103 Å². The van der Waals surface area contributed by atoms with Gasteiger partial charge in [-0.3, -0.25) is 0 Å². The molecule has 0 aliphatic carbocycles. The first-order valence-electron chi connectivity index (χ1n) is 28.6. The molecule has 0 radical (unpaired) electrons. The summed E-state index contributed by atoms with van der Waals surface area (Å²) in [4.78, 5) is 16.0. The molecule has 9 nitrogen and oxygen atoms in total. The lowest BCUT2D eigenvalue weighted by Gasteiger charge is -2.17. The van der Waals surface area contributed by atoms with E-state index < -0.39 is 0 Å². The highest BCUT2D eigenvalue weighted by Crippen LogP contribution is 2.46. The molecule has 0 saturated heterocycles. The molecule has 0 aliphatic rings. The number of hydrogen-bond acceptors (Lipinski definition) is 5.